The van der Waals surface area contributed by atoms with Gasteiger partial charge in [0.25, 0.3) is 5.91 Å². The van der Waals surface area contributed by atoms with Crippen molar-refractivity contribution in [2.24, 2.45) is 0 Å². The summed E-state index contributed by atoms with van der Waals surface area (Å²) in [6.07, 6.45) is 3.19. The number of benzene rings is 1. The Bertz CT molecular complexity index is 778. The smallest absolute Gasteiger partial charge is 0.259 e. The van der Waals surface area contributed by atoms with Crippen LogP contribution in [0.5, 0.6) is 0 Å². The van der Waals surface area contributed by atoms with E-state index in [0.717, 1.165) is 50.3 Å². The Morgan fingerprint density at radius 1 is 1.24 bits per heavy atom. The third-order valence-corrected chi connectivity index (χ3v) is 4.66. The lowest BCUT2D eigenvalue weighted by Gasteiger charge is -2.19. The quantitative estimate of drug-likeness (QED) is 0.895. The minimum atomic E-state index is -0.338. The normalized spacial score (nSPS) is 14.2. The minimum absolute atomic E-state index is 0.240. The van der Waals surface area contributed by atoms with Crippen molar-refractivity contribution >= 4 is 17.3 Å². The van der Waals surface area contributed by atoms with E-state index in [9.17, 15) is 9.18 Å². The van der Waals surface area contributed by atoms with E-state index in [4.69, 9.17) is 0 Å². The van der Waals surface area contributed by atoms with E-state index in [1.807, 2.05) is 24.6 Å². The monoisotopic (exact) mass is 344 g/mol. The molecular formula is C19H25FN4O. The van der Waals surface area contributed by atoms with Crippen LogP contribution in [0.25, 0.3) is 0 Å². The van der Waals surface area contributed by atoms with Crippen molar-refractivity contribution in [2.45, 2.75) is 46.6 Å². The number of hydrogen-bond donors (Lipinski definition) is 1. The third kappa shape index (κ3) is 3.67. The van der Waals surface area contributed by atoms with Crippen LogP contribution in [0.4, 0.5) is 15.8 Å². The topological polar surface area (TPSA) is 50.2 Å². The van der Waals surface area contributed by atoms with Crippen molar-refractivity contribution in [3.63, 3.8) is 0 Å². The zero-order valence-corrected chi connectivity index (χ0v) is 15.1. The number of carbonyl (C=O) groups is 1. The Labute approximate surface area is 147 Å². The lowest BCUT2D eigenvalue weighted by molar-refractivity contribution is 0.102. The molecule has 1 aliphatic heterocycles. The van der Waals surface area contributed by atoms with Crippen LogP contribution in [-0.4, -0.2) is 28.8 Å². The molecule has 0 bridgehead atoms. The average molecular weight is 344 g/mol. The van der Waals surface area contributed by atoms with Crippen LogP contribution >= 0.6 is 0 Å². The average Bonchev–Trinajstić information content (AvgIpc) is 3.16. The summed E-state index contributed by atoms with van der Waals surface area (Å²) in [6.45, 7) is 8.43. The van der Waals surface area contributed by atoms with Crippen LogP contribution in [0.15, 0.2) is 18.2 Å². The van der Waals surface area contributed by atoms with E-state index >= 15 is 0 Å². The van der Waals surface area contributed by atoms with Gasteiger partial charge in [0.2, 0.25) is 0 Å². The number of carbonyl (C=O) groups excluding carboxylic acids is 1. The molecule has 25 heavy (non-hydrogen) atoms. The number of aryl methyl sites for hydroxylation is 2. The van der Waals surface area contributed by atoms with Gasteiger partial charge < -0.3 is 10.2 Å². The summed E-state index contributed by atoms with van der Waals surface area (Å²) in [5.41, 5.74) is 3.41. The maximum absolute atomic E-state index is 14.0. The highest BCUT2D eigenvalue weighted by atomic mass is 19.1. The molecule has 0 radical (unpaired) electrons. The summed E-state index contributed by atoms with van der Waals surface area (Å²) in [5.74, 6) is -0.579. The van der Waals surface area contributed by atoms with Crippen molar-refractivity contribution < 1.29 is 9.18 Å². The molecule has 1 aromatic carbocycles. The Balaban J connectivity index is 1.83. The summed E-state index contributed by atoms with van der Waals surface area (Å²) >= 11 is 0. The number of hydrogen-bond acceptors (Lipinski definition) is 3. The zero-order valence-electron chi connectivity index (χ0n) is 15.1. The molecule has 5 nitrogen and oxygen atoms in total. The van der Waals surface area contributed by atoms with Crippen molar-refractivity contribution in [3.8, 4) is 0 Å². The SMILES string of the molecule is CCCn1nc(C)c(C(=O)Nc2cc(F)cc(N3CCCC3)c2)c1C. The van der Waals surface area contributed by atoms with E-state index in [-0.39, 0.29) is 11.7 Å². The van der Waals surface area contributed by atoms with Gasteiger partial charge in [-0.1, -0.05) is 6.92 Å². The van der Waals surface area contributed by atoms with Crippen LogP contribution in [0.2, 0.25) is 0 Å². The van der Waals surface area contributed by atoms with Gasteiger partial charge >= 0.3 is 0 Å². The van der Waals surface area contributed by atoms with Gasteiger partial charge in [-0.15, -0.1) is 0 Å². The summed E-state index contributed by atoms with van der Waals surface area (Å²) in [5, 5.41) is 7.28. The highest BCUT2D eigenvalue weighted by Crippen LogP contribution is 2.26. The number of aromatic nitrogens is 2. The highest BCUT2D eigenvalue weighted by Gasteiger charge is 2.20. The summed E-state index contributed by atoms with van der Waals surface area (Å²) in [6, 6.07) is 4.72. The molecule has 134 valence electrons. The van der Waals surface area contributed by atoms with Gasteiger partial charge in [0, 0.05) is 36.7 Å². The Hall–Kier alpha value is -2.37. The first-order chi connectivity index (χ1) is 12.0. The fraction of sp³-hybridized carbons (Fsp3) is 0.474. The first-order valence-electron chi connectivity index (χ1n) is 8.90. The van der Waals surface area contributed by atoms with Gasteiger partial charge in [-0.05, 0) is 51.3 Å². The number of nitrogens with one attached hydrogen (secondary N) is 1. The van der Waals surface area contributed by atoms with Crippen LogP contribution in [0, 0.1) is 19.7 Å². The molecular weight excluding hydrogens is 319 g/mol. The van der Waals surface area contributed by atoms with Gasteiger partial charge in [-0.2, -0.15) is 5.10 Å². The Morgan fingerprint density at radius 2 is 1.96 bits per heavy atom. The number of rotatable bonds is 5. The standard InChI is InChI=1S/C19H25FN4O/c1-4-7-24-14(3)18(13(2)22-24)19(25)21-16-10-15(20)11-17(12-16)23-8-5-6-9-23/h10-12H,4-9H2,1-3H3,(H,21,25). The molecule has 0 saturated carbocycles. The highest BCUT2D eigenvalue weighted by molar-refractivity contribution is 6.06. The Morgan fingerprint density at radius 3 is 2.64 bits per heavy atom. The predicted molar refractivity (Wildman–Crippen MR) is 97.8 cm³/mol. The maximum Gasteiger partial charge on any atom is 0.259 e. The second-order valence-corrected chi connectivity index (χ2v) is 6.62. The van der Waals surface area contributed by atoms with Crippen LogP contribution in [0.3, 0.4) is 0 Å². The number of amides is 1. The van der Waals surface area contributed by atoms with E-state index in [2.05, 4.69) is 22.2 Å². The molecule has 6 heteroatoms. The number of anilines is 2. The van der Waals surface area contributed by atoms with Gasteiger partial charge in [0.05, 0.1) is 11.3 Å². The second-order valence-electron chi connectivity index (χ2n) is 6.62. The molecule has 0 spiro atoms. The van der Waals surface area contributed by atoms with Gasteiger partial charge in [-0.3, -0.25) is 9.48 Å². The fourth-order valence-electron chi connectivity index (χ4n) is 3.45. The van der Waals surface area contributed by atoms with E-state index in [1.54, 1.807) is 0 Å². The first-order valence-corrected chi connectivity index (χ1v) is 8.90. The fourth-order valence-corrected chi connectivity index (χ4v) is 3.45. The molecule has 0 atom stereocenters. The molecule has 1 saturated heterocycles. The van der Waals surface area contributed by atoms with Gasteiger partial charge in [0.1, 0.15) is 5.82 Å². The molecule has 2 heterocycles. The lowest BCUT2D eigenvalue weighted by atomic mass is 10.1. The summed E-state index contributed by atoms with van der Waals surface area (Å²) < 4.78 is 15.9. The molecule has 1 amide bonds. The molecule has 1 N–H and O–H groups in total. The number of halogens is 1. The lowest BCUT2D eigenvalue weighted by Crippen LogP contribution is -2.19. The van der Waals surface area contributed by atoms with Crippen molar-refractivity contribution in [1.82, 2.24) is 9.78 Å². The van der Waals surface area contributed by atoms with Gasteiger partial charge in [-0.25, -0.2) is 4.39 Å². The molecule has 1 aliphatic rings. The van der Waals surface area contributed by atoms with Crippen molar-refractivity contribution in [2.75, 3.05) is 23.3 Å². The van der Waals surface area contributed by atoms with E-state index in [0.29, 0.717) is 16.9 Å². The molecule has 1 aromatic heterocycles. The second kappa shape index (κ2) is 7.25. The third-order valence-electron chi connectivity index (χ3n) is 4.66. The van der Waals surface area contributed by atoms with Crippen LogP contribution in [-0.2, 0) is 6.54 Å². The summed E-state index contributed by atoms with van der Waals surface area (Å²) in [4.78, 5) is 14.9. The summed E-state index contributed by atoms with van der Waals surface area (Å²) in [7, 11) is 0. The predicted octanol–water partition coefficient (Wildman–Crippen LogP) is 3.90. The number of nitrogens with zero attached hydrogens (tertiary/aromatic N) is 3. The largest absolute Gasteiger partial charge is 0.371 e. The maximum atomic E-state index is 14.0. The van der Waals surface area contributed by atoms with Crippen molar-refractivity contribution in [3.05, 3.63) is 41.0 Å². The molecule has 1 fully saturated rings. The van der Waals surface area contributed by atoms with Gasteiger partial charge in [0.15, 0.2) is 0 Å². The Kier molecular flexibility index (Phi) is 5.06. The van der Waals surface area contributed by atoms with E-state index < -0.39 is 0 Å². The minimum Gasteiger partial charge on any atom is -0.371 e. The first kappa shape index (κ1) is 17.5. The molecule has 2 aromatic rings. The van der Waals surface area contributed by atoms with Crippen LogP contribution < -0.4 is 10.2 Å². The molecule has 0 unspecified atom stereocenters. The van der Waals surface area contributed by atoms with Crippen LogP contribution in [0.1, 0.15) is 47.9 Å². The zero-order chi connectivity index (χ0) is 18.0. The molecule has 0 aliphatic carbocycles. The molecule has 3 rings (SSSR count). The van der Waals surface area contributed by atoms with E-state index in [1.165, 1.54) is 12.1 Å². The van der Waals surface area contributed by atoms with Crippen molar-refractivity contribution in [1.29, 1.82) is 0 Å².